The highest BCUT2D eigenvalue weighted by molar-refractivity contribution is 5.72. The first-order valence-corrected chi connectivity index (χ1v) is 9.86. The van der Waals surface area contributed by atoms with Gasteiger partial charge < -0.3 is 15.0 Å². The zero-order valence-electron chi connectivity index (χ0n) is 18.0. The molecule has 156 valence electrons. The molecule has 0 amide bonds. The van der Waals surface area contributed by atoms with Gasteiger partial charge in [-0.25, -0.2) is 4.79 Å². The maximum atomic E-state index is 11.9. The molecule has 0 radical (unpaired) electrons. The van der Waals surface area contributed by atoms with Crippen molar-refractivity contribution in [1.82, 2.24) is 19.1 Å². The van der Waals surface area contributed by atoms with Crippen molar-refractivity contribution in [2.24, 2.45) is 14.1 Å². The second-order valence-electron chi connectivity index (χ2n) is 5.97. The van der Waals surface area contributed by atoms with Crippen LogP contribution < -0.4 is 16.6 Å². The fraction of sp³-hybridized carbons (Fsp3) is 0.737. The van der Waals surface area contributed by atoms with Gasteiger partial charge in [0.05, 0.1) is 0 Å². The van der Waals surface area contributed by atoms with Crippen LogP contribution >= 0.6 is 0 Å². The van der Waals surface area contributed by atoms with Crippen LogP contribution in [0.15, 0.2) is 9.59 Å². The van der Waals surface area contributed by atoms with Gasteiger partial charge in [0.1, 0.15) is 0 Å². The molecule has 2 N–H and O–H groups in total. The average Bonchev–Trinajstić information content (AvgIpc) is 3.12. The summed E-state index contributed by atoms with van der Waals surface area (Å²) >= 11 is 0. The summed E-state index contributed by atoms with van der Waals surface area (Å²) in [5.74, 6) is 0.525. The molecular weight excluding hydrogens is 346 g/mol. The lowest BCUT2D eigenvalue weighted by atomic mass is 10.3. The average molecular weight is 384 g/mol. The lowest BCUT2D eigenvalue weighted by Gasteiger charge is -2.00. The number of nitrogens with zero attached hydrogens (tertiary/aromatic N) is 3. The van der Waals surface area contributed by atoms with E-state index in [0.717, 1.165) is 30.6 Å². The molecule has 0 aliphatic heterocycles. The van der Waals surface area contributed by atoms with E-state index in [1.54, 1.807) is 14.2 Å². The first kappa shape index (κ1) is 24.9. The second-order valence-corrected chi connectivity index (χ2v) is 5.97. The Kier molecular flexibility index (Phi) is 12.9. The number of aromatic nitrogens is 4. The molecule has 0 saturated heterocycles. The standard InChI is InChI=1S/C11H17N5O2.C6H14O.C2H6/c1-4-5-6-12-10-13-7-8(14-10)15(2)11(18)16(3)9(7)17;1-3-4-5-6-7-2;1-2/h4-6H2,1-3H3,(H2,12,13,14);3-6H2,1-2H3;1-2H3. The second kappa shape index (κ2) is 14.0. The molecule has 0 aliphatic rings. The van der Waals surface area contributed by atoms with Crippen LogP contribution in [-0.2, 0) is 18.8 Å². The number of methoxy groups -OCH3 is 1. The third kappa shape index (κ3) is 7.58. The number of fused-ring (bicyclic) bond motifs is 1. The molecule has 0 fully saturated rings. The predicted molar refractivity (Wildman–Crippen MR) is 113 cm³/mol. The van der Waals surface area contributed by atoms with Gasteiger partial charge in [-0.05, 0) is 12.8 Å². The quantitative estimate of drug-likeness (QED) is 0.683. The number of nitrogens with one attached hydrogen (secondary N) is 2. The van der Waals surface area contributed by atoms with Crippen molar-refractivity contribution >= 4 is 17.1 Å². The van der Waals surface area contributed by atoms with Crippen molar-refractivity contribution in [1.29, 1.82) is 0 Å². The van der Waals surface area contributed by atoms with E-state index in [2.05, 4.69) is 29.1 Å². The van der Waals surface area contributed by atoms with Crippen LogP contribution in [0.4, 0.5) is 5.95 Å². The molecule has 8 heteroatoms. The summed E-state index contributed by atoms with van der Waals surface area (Å²) in [7, 11) is 4.80. The highest BCUT2D eigenvalue weighted by Crippen LogP contribution is 2.08. The van der Waals surface area contributed by atoms with Crippen molar-refractivity contribution in [3.05, 3.63) is 20.8 Å². The minimum atomic E-state index is -0.376. The Morgan fingerprint density at radius 1 is 1.04 bits per heavy atom. The molecule has 0 spiro atoms. The summed E-state index contributed by atoms with van der Waals surface area (Å²) in [5, 5.41) is 3.10. The largest absolute Gasteiger partial charge is 0.385 e. The summed E-state index contributed by atoms with van der Waals surface area (Å²) in [6.07, 6.45) is 5.89. The van der Waals surface area contributed by atoms with Gasteiger partial charge in [-0.2, -0.15) is 4.98 Å². The van der Waals surface area contributed by atoms with E-state index in [0.29, 0.717) is 17.1 Å². The van der Waals surface area contributed by atoms with Gasteiger partial charge in [-0.15, -0.1) is 0 Å². The number of hydrogen-bond donors (Lipinski definition) is 2. The molecule has 27 heavy (non-hydrogen) atoms. The lowest BCUT2D eigenvalue weighted by Crippen LogP contribution is -2.36. The number of ether oxygens (including phenoxy) is 1. The molecule has 0 unspecified atom stereocenters. The van der Waals surface area contributed by atoms with Gasteiger partial charge in [-0.1, -0.05) is 47.0 Å². The van der Waals surface area contributed by atoms with E-state index in [4.69, 9.17) is 4.74 Å². The molecule has 0 aliphatic carbocycles. The Hall–Kier alpha value is -2.09. The monoisotopic (exact) mass is 383 g/mol. The van der Waals surface area contributed by atoms with E-state index in [1.165, 1.54) is 30.9 Å². The number of anilines is 1. The topological polar surface area (TPSA) is 93.9 Å². The minimum absolute atomic E-state index is 0.346. The fourth-order valence-electron chi connectivity index (χ4n) is 2.29. The summed E-state index contributed by atoms with van der Waals surface area (Å²) in [4.78, 5) is 30.8. The first-order valence-electron chi connectivity index (χ1n) is 9.86. The summed E-state index contributed by atoms with van der Waals surface area (Å²) < 4.78 is 7.27. The van der Waals surface area contributed by atoms with E-state index >= 15 is 0 Å². The molecule has 2 heterocycles. The summed E-state index contributed by atoms with van der Waals surface area (Å²) in [5.41, 5.74) is -0.0102. The van der Waals surface area contributed by atoms with Crippen LogP contribution in [0.2, 0.25) is 0 Å². The molecule has 8 nitrogen and oxygen atoms in total. The van der Waals surface area contributed by atoms with Gasteiger partial charge >= 0.3 is 5.69 Å². The maximum absolute atomic E-state index is 11.9. The van der Waals surface area contributed by atoms with Crippen molar-refractivity contribution in [2.45, 2.75) is 59.8 Å². The Morgan fingerprint density at radius 2 is 1.67 bits per heavy atom. The zero-order chi connectivity index (χ0) is 20.8. The lowest BCUT2D eigenvalue weighted by molar-refractivity contribution is 0.192. The fourth-order valence-corrected chi connectivity index (χ4v) is 2.29. The van der Waals surface area contributed by atoms with Gasteiger partial charge in [-0.3, -0.25) is 13.9 Å². The first-order chi connectivity index (χ1) is 13.0. The normalized spacial score (nSPS) is 10.0. The number of hydrogen-bond acceptors (Lipinski definition) is 5. The Bertz CT molecular complexity index is 757. The Balaban J connectivity index is 0.000000637. The van der Waals surface area contributed by atoms with Crippen molar-refractivity contribution in [2.75, 3.05) is 25.6 Å². The molecule has 2 aromatic heterocycles. The molecule has 0 bridgehead atoms. The Labute approximate surface area is 162 Å². The van der Waals surface area contributed by atoms with Gasteiger partial charge in [0.2, 0.25) is 5.95 Å². The highest BCUT2D eigenvalue weighted by atomic mass is 16.5. The smallest absolute Gasteiger partial charge is 0.332 e. The highest BCUT2D eigenvalue weighted by Gasteiger charge is 2.12. The number of H-pyrrole nitrogens is 1. The number of imidazole rings is 1. The maximum Gasteiger partial charge on any atom is 0.332 e. The summed E-state index contributed by atoms with van der Waals surface area (Å²) in [6.45, 7) is 9.99. The van der Waals surface area contributed by atoms with E-state index in [9.17, 15) is 9.59 Å². The van der Waals surface area contributed by atoms with E-state index < -0.39 is 0 Å². The molecule has 0 saturated carbocycles. The zero-order valence-corrected chi connectivity index (χ0v) is 18.0. The van der Waals surface area contributed by atoms with E-state index in [-0.39, 0.29) is 11.2 Å². The SMILES string of the molecule is CC.CCCCCOC.CCCCNc1nc2c([nH]1)c(=O)n(C)c(=O)n2C. The molecular formula is C19H37N5O3. The molecule has 2 aromatic rings. The van der Waals surface area contributed by atoms with Gasteiger partial charge in [0, 0.05) is 34.4 Å². The third-order valence-electron chi connectivity index (χ3n) is 3.87. The number of rotatable bonds is 8. The van der Waals surface area contributed by atoms with Crippen LogP contribution in [-0.4, -0.2) is 39.4 Å². The van der Waals surface area contributed by atoms with Crippen LogP contribution in [0.25, 0.3) is 11.2 Å². The van der Waals surface area contributed by atoms with E-state index in [1.807, 2.05) is 13.8 Å². The summed E-state index contributed by atoms with van der Waals surface area (Å²) in [6, 6.07) is 0. The van der Waals surface area contributed by atoms with Gasteiger partial charge in [0.15, 0.2) is 11.2 Å². The van der Waals surface area contributed by atoms with Crippen LogP contribution in [0.3, 0.4) is 0 Å². The predicted octanol–water partition coefficient (Wildman–Crippen LogP) is 3.02. The van der Waals surface area contributed by atoms with Crippen LogP contribution in [0, 0.1) is 0 Å². The van der Waals surface area contributed by atoms with Gasteiger partial charge in [0.25, 0.3) is 5.56 Å². The van der Waals surface area contributed by atoms with Crippen molar-refractivity contribution in [3.63, 3.8) is 0 Å². The van der Waals surface area contributed by atoms with Crippen LogP contribution in [0.5, 0.6) is 0 Å². The molecule has 0 atom stereocenters. The van der Waals surface area contributed by atoms with Crippen molar-refractivity contribution < 1.29 is 4.74 Å². The molecule has 0 aromatic carbocycles. The van der Waals surface area contributed by atoms with Crippen molar-refractivity contribution in [3.8, 4) is 0 Å². The molecule has 2 rings (SSSR count). The Morgan fingerprint density at radius 3 is 2.22 bits per heavy atom. The van der Waals surface area contributed by atoms with Crippen LogP contribution in [0.1, 0.15) is 59.8 Å². The minimum Gasteiger partial charge on any atom is -0.385 e. The number of unbranched alkanes of at least 4 members (excludes halogenated alkanes) is 3. The third-order valence-corrected chi connectivity index (χ3v) is 3.87. The number of aromatic amines is 1. The number of aryl methyl sites for hydroxylation is 1.